The Balaban J connectivity index is 2.79. The minimum atomic E-state index is -0.682. The summed E-state index contributed by atoms with van der Waals surface area (Å²) in [6.45, 7) is 3.71. The molecule has 0 unspecified atom stereocenters. The molecule has 0 aliphatic carbocycles. The van der Waals surface area contributed by atoms with Crippen molar-refractivity contribution in [1.82, 2.24) is 4.98 Å². The molecule has 0 aromatic carbocycles. The van der Waals surface area contributed by atoms with Crippen molar-refractivity contribution in [2.75, 3.05) is 7.11 Å². The number of nitrogens with zero attached hydrogens (tertiary/aromatic N) is 1. The van der Waals surface area contributed by atoms with Gasteiger partial charge in [-0.1, -0.05) is 0 Å². The molecule has 1 heterocycles. The van der Waals surface area contributed by atoms with E-state index in [9.17, 15) is 4.79 Å². The lowest BCUT2D eigenvalue weighted by molar-refractivity contribution is -0.141. The minimum Gasteiger partial charge on any atom is -0.469 e. The van der Waals surface area contributed by atoms with Crippen LogP contribution in [-0.2, 0) is 15.1 Å². The summed E-state index contributed by atoms with van der Waals surface area (Å²) in [6, 6.07) is 0. The van der Waals surface area contributed by atoms with Gasteiger partial charge in [0.2, 0.25) is 0 Å². The van der Waals surface area contributed by atoms with E-state index < -0.39 is 5.54 Å². The van der Waals surface area contributed by atoms with E-state index in [1.54, 1.807) is 13.1 Å². The number of aromatic nitrogens is 1. The zero-order chi connectivity index (χ0) is 10.8. The van der Waals surface area contributed by atoms with Crippen LogP contribution in [0.5, 0.6) is 0 Å². The molecule has 0 radical (unpaired) electrons. The zero-order valence-electron chi connectivity index (χ0n) is 8.53. The molecule has 0 amide bonds. The van der Waals surface area contributed by atoms with Gasteiger partial charge in [-0.3, -0.25) is 4.79 Å². The Bertz CT molecular complexity index is 333. The number of thiazole rings is 1. The van der Waals surface area contributed by atoms with E-state index >= 15 is 0 Å². The first-order valence-electron chi connectivity index (χ1n) is 4.24. The predicted octanol–water partition coefficient (Wildman–Crippen LogP) is 1.19. The normalized spacial score (nSPS) is 14.9. The highest BCUT2D eigenvalue weighted by Gasteiger charge is 2.27. The van der Waals surface area contributed by atoms with Crippen molar-refractivity contribution in [3.05, 3.63) is 16.1 Å². The topological polar surface area (TPSA) is 65.2 Å². The predicted molar refractivity (Wildman–Crippen MR) is 55.0 cm³/mol. The molecule has 0 saturated heterocycles. The van der Waals surface area contributed by atoms with Crippen molar-refractivity contribution in [2.24, 2.45) is 5.73 Å². The van der Waals surface area contributed by atoms with Gasteiger partial charge in [-0.2, -0.15) is 0 Å². The second kappa shape index (κ2) is 4.06. The van der Waals surface area contributed by atoms with E-state index in [1.807, 2.05) is 6.92 Å². The van der Waals surface area contributed by atoms with Crippen molar-refractivity contribution in [1.29, 1.82) is 0 Å². The van der Waals surface area contributed by atoms with E-state index in [0.717, 1.165) is 9.88 Å². The molecule has 2 N–H and O–H groups in total. The number of aryl methyl sites for hydroxylation is 1. The molecule has 0 aliphatic rings. The average Bonchev–Trinajstić information content (AvgIpc) is 2.51. The third kappa shape index (κ3) is 2.52. The second-order valence-corrected chi connectivity index (χ2v) is 4.65. The summed E-state index contributed by atoms with van der Waals surface area (Å²) >= 11 is 1.50. The highest BCUT2D eigenvalue weighted by Crippen LogP contribution is 2.27. The molecule has 5 heteroatoms. The van der Waals surface area contributed by atoms with Crippen LogP contribution in [-0.4, -0.2) is 18.1 Å². The second-order valence-electron chi connectivity index (χ2n) is 3.41. The van der Waals surface area contributed by atoms with Crippen molar-refractivity contribution < 1.29 is 9.53 Å². The largest absolute Gasteiger partial charge is 0.469 e. The highest BCUT2D eigenvalue weighted by atomic mass is 32.1. The average molecular weight is 214 g/mol. The van der Waals surface area contributed by atoms with Crippen LogP contribution in [0.15, 0.2) is 6.20 Å². The Morgan fingerprint density at radius 2 is 2.43 bits per heavy atom. The molecule has 4 nitrogen and oxygen atoms in total. The summed E-state index contributed by atoms with van der Waals surface area (Å²) in [4.78, 5) is 16.1. The number of ether oxygens (including phenoxy) is 1. The van der Waals surface area contributed by atoms with Crippen molar-refractivity contribution in [2.45, 2.75) is 25.8 Å². The first kappa shape index (κ1) is 11.1. The number of carbonyl (C=O) groups excluding carboxylic acids is 1. The third-order valence-electron chi connectivity index (χ3n) is 1.92. The van der Waals surface area contributed by atoms with Gasteiger partial charge in [0.05, 0.1) is 24.1 Å². The molecule has 1 rings (SSSR count). The Morgan fingerprint density at radius 3 is 2.86 bits per heavy atom. The summed E-state index contributed by atoms with van der Waals surface area (Å²) < 4.78 is 4.58. The number of hydrogen-bond donors (Lipinski definition) is 1. The van der Waals surface area contributed by atoms with Gasteiger partial charge in [0.1, 0.15) is 0 Å². The molecule has 1 aromatic heterocycles. The Hall–Kier alpha value is -0.940. The Kier molecular flexibility index (Phi) is 3.23. The first-order chi connectivity index (χ1) is 6.45. The number of nitrogens with two attached hydrogens (primary N) is 1. The molecule has 14 heavy (non-hydrogen) atoms. The van der Waals surface area contributed by atoms with E-state index in [0.29, 0.717) is 0 Å². The van der Waals surface area contributed by atoms with E-state index in [-0.39, 0.29) is 12.4 Å². The van der Waals surface area contributed by atoms with E-state index in [1.165, 1.54) is 18.4 Å². The smallest absolute Gasteiger partial charge is 0.307 e. The zero-order valence-corrected chi connectivity index (χ0v) is 9.35. The van der Waals surface area contributed by atoms with Crippen LogP contribution in [0.3, 0.4) is 0 Å². The lowest BCUT2D eigenvalue weighted by Gasteiger charge is -2.20. The fraction of sp³-hybridized carbons (Fsp3) is 0.556. The maximum atomic E-state index is 11.1. The van der Waals surface area contributed by atoms with Gasteiger partial charge in [0.25, 0.3) is 0 Å². The third-order valence-corrected chi connectivity index (χ3v) is 3.12. The van der Waals surface area contributed by atoms with Crippen molar-refractivity contribution in [3.63, 3.8) is 0 Å². The van der Waals surface area contributed by atoms with Gasteiger partial charge in [0.15, 0.2) is 0 Å². The molecule has 0 fully saturated rings. The number of hydrogen-bond acceptors (Lipinski definition) is 5. The lowest BCUT2D eigenvalue weighted by Crippen LogP contribution is -2.35. The molecule has 1 aromatic rings. The molecular weight excluding hydrogens is 200 g/mol. The Labute approximate surface area is 87.1 Å². The summed E-state index contributed by atoms with van der Waals surface area (Å²) in [5.74, 6) is -0.305. The molecule has 0 saturated carbocycles. The highest BCUT2D eigenvalue weighted by molar-refractivity contribution is 7.11. The Morgan fingerprint density at radius 1 is 1.79 bits per heavy atom. The molecule has 0 spiro atoms. The van der Waals surface area contributed by atoms with Crippen LogP contribution >= 0.6 is 11.3 Å². The molecule has 0 aliphatic heterocycles. The number of rotatable bonds is 3. The fourth-order valence-corrected chi connectivity index (χ4v) is 1.92. The van der Waals surface area contributed by atoms with E-state index in [4.69, 9.17) is 5.73 Å². The molecular formula is C9H14N2O2S. The standard InChI is InChI=1S/C9H14N2O2S/c1-6-11-5-7(14-6)9(2,10)4-8(12)13-3/h5H,4,10H2,1-3H3/t9-/m0/s1. The van der Waals surface area contributed by atoms with Crippen LogP contribution in [0.2, 0.25) is 0 Å². The lowest BCUT2D eigenvalue weighted by atomic mass is 9.98. The van der Waals surface area contributed by atoms with Crippen molar-refractivity contribution >= 4 is 17.3 Å². The maximum absolute atomic E-state index is 11.1. The molecule has 0 bridgehead atoms. The van der Waals surface area contributed by atoms with Crippen LogP contribution in [0.1, 0.15) is 23.2 Å². The van der Waals surface area contributed by atoms with Crippen LogP contribution < -0.4 is 5.73 Å². The fourth-order valence-electron chi connectivity index (χ4n) is 1.08. The van der Waals surface area contributed by atoms with Crippen LogP contribution in [0.4, 0.5) is 0 Å². The maximum Gasteiger partial charge on any atom is 0.307 e. The number of esters is 1. The van der Waals surface area contributed by atoms with Gasteiger partial charge in [-0.25, -0.2) is 4.98 Å². The quantitative estimate of drug-likeness (QED) is 0.767. The molecule has 1 atom stereocenters. The summed E-state index contributed by atoms with van der Waals surface area (Å²) in [7, 11) is 1.36. The van der Waals surface area contributed by atoms with E-state index in [2.05, 4.69) is 9.72 Å². The van der Waals surface area contributed by atoms with Gasteiger partial charge < -0.3 is 10.5 Å². The number of carbonyl (C=O) groups is 1. The van der Waals surface area contributed by atoms with Crippen LogP contribution in [0, 0.1) is 6.92 Å². The van der Waals surface area contributed by atoms with Gasteiger partial charge in [-0.15, -0.1) is 11.3 Å². The molecule has 78 valence electrons. The summed E-state index contributed by atoms with van der Waals surface area (Å²) in [5.41, 5.74) is 5.32. The summed E-state index contributed by atoms with van der Waals surface area (Å²) in [6.07, 6.45) is 1.88. The van der Waals surface area contributed by atoms with Crippen molar-refractivity contribution in [3.8, 4) is 0 Å². The van der Waals surface area contributed by atoms with Gasteiger partial charge in [-0.05, 0) is 13.8 Å². The first-order valence-corrected chi connectivity index (χ1v) is 5.06. The van der Waals surface area contributed by atoms with Crippen LogP contribution in [0.25, 0.3) is 0 Å². The van der Waals surface area contributed by atoms with Gasteiger partial charge in [0, 0.05) is 11.1 Å². The minimum absolute atomic E-state index is 0.172. The van der Waals surface area contributed by atoms with Gasteiger partial charge >= 0.3 is 5.97 Å². The number of methoxy groups -OCH3 is 1. The summed E-state index contributed by atoms with van der Waals surface area (Å²) in [5, 5.41) is 0.946. The monoisotopic (exact) mass is 214 g/mol. The SMILES string of the molecule is COC(=O)C[C@](C)(N)c1cnc(C)s1.